The summed E-state index contributed by atoms with van der Waals surface area (Å²) >= 11 is 0. The van der Waals surface area contributed by atoms with Gasteiger partial charge >= 0.3 is 0 Å². The van der Waals surface area contributed by atoms with Crippen LogP contribution in [-0.4, -0.2) is 52.1 Å². The van der Waals surface area contributed by atoms with E-state index in [4.69, 9.17) is 9.47 Å². The first-order valence-electron chi connectivity index (χ1n) is 5.82. The van der Waals surface area contributed by atoms with Gasteiger partial charge in [0.05, 0.1) is 19.3 Å². The lowest BCUT2D eigenvalue weighted by Crippen LogP contribution is -2.41. The van der Waals surface area contributed by atoms with Gasteiger partial charge in [-0.15, -0.1) is 0 Å². The van der Waals surface area contributed by atoms with Crippen molar-refractivity contribution >= 4 is 0 Å². The van der Waals surface area contributed by atoms with Crippen LogP contribution in [0.1, 0.15) is 13.8 Å². The van der Waals surface area contributed by atoms with Crippen LogP contribution in [0.2, 0.25) is 0 Å². The molecule has 4 nitrogen and oxygen atoms in total. The number of rotatable bonds is 7. The quantitative estimate of drug-likeness (QED) is 0.639. The van der Waals surface area contributed by atoms with Crippen LogP contribution in [0.5, 0.6) is 0 Å². The van der Waals surface area contributed by atoms with Crippen LogP contribution in [-0.2, 0) is 9.47 Å². The molecule has 3 unspecified atom stereocenters. The molecule has 1 aliphatic rings. The van der Waals surface area contributed by atoms with Crippen molar-refractivity contribution in [1.29, 1.82) is 0 Å². The van der Waals surface area contributed by atoms with E-state index in [-0.39, 0.29) is 6.10 Å². The van der Waals surface area contributed by atoms with Crippen molar-refractivity contribution in [2.75, 3.05) is 40.0 Å². The molecule has 2 N–H and O–H groups in total. The Labute approximate surface area is 92.7 Å². The summed E-state index contributed by atoms with van der Waals surface area (Å²) in [5.74, 6) is 0.592. The lowest BCUT2D eigenvalue weighted by atomic mass is 10.0. The van der Waals surface area contributed by atoms with E-state index >= 15 is 0 Å². The number of likely N-dealkylation sites (N-methyl/N-ethyl adjacent to an activating group) is 1. The first kappa shape index (κ1) is 12.9. The minimum absolute atomic E-state index is 0.282. The standard InChI is InChI=1S/C11H24N2O2/c1-4-13-11-8-15-7-10(11)6-12-5-9(2)14-3/h9-13H,4-8H2,1-3H3. The zero-order valence-corrected chi connectivity index (χ0v) is 10.1. The fourth-order valence-electron chi connectivity index (χ4n) is 1.84. The Bertz CT molecular complexity index is 167. The highest BCUT2D eigenvalue weighted by Crippen LogP contribution is 2.12. The number of ether oxygens (including phenoxy) is 2. The van der Waals surface area contributed by atoms with Gasteiger partial charge in [-0.25, -0.2) is 0 Å². The largest absolute Gasteiger partial charge is 0.380 e. The molecule has 1 fully saturated rings. The molecule has 0 aromatic carbocycles. The fraction of sp³-hybridized carbons (Fsp3) is 1.00. The van der Waals surface area contributed by atoms with Gasteiger partial charge in [-0.2, -0.15) is 0 Å². The minimum Gasteiger partial charge on any atom is -0.380 e. The van der Waals surface area contributed by atoms with Crippen molar-refractivity contribution < 1.29 is 9.47 Å². The van der Waals surface area contributed by atoms with Gasteiger partial charge in [0.1, 0.15) is 0 Å². The summed E-state index contributed by atoms with van der Waals surface area (Å²) in [6.07, 6.45) is 0.282. The molecule has 1 aliphatic heterocycles. The summed E-state index contributed by atoms with van der Waals surface area (Å²) in [5.41, 5.74) is 0. The molecule has 4 heteroatoms. The lowest BCUT2D eigenvalue weighted by Gasteiger charge is -2.19. The average Bonchev–Trinajstić information content (AvgIpc) is 2.66. The summed E-state index contributed by atoms with van der Waals surface area (Å²) in [5, 5.41) is 6.87. The maximum Gasteiger partial charge on any atom is 0.0667 e. The molecule has 0 bridgehead atoms. The molecule has 0 aliphatic carbocycles. The van der Waals surface area contributed by atoms with E-state index in [1.807, 2.05) is 0 Å². The van der Waals surface area contributed by atoms with Gasteiger partial charge in [0.2, 0.25) is 0 Å². The fourth-order valence-corrected chi connectivity index (χ4v) is 1.84. The monoisotopic (exact) mass is 216 g/mol. The van der Waals surface area contributed by atoms with Crippen molar-refractivity contribution in [3.05, 3.63) is 0 Å². The maximum atomic E-state index is 5.47. The summed E-state index contributed by atoms with van der Waals surface area (Å²) in [6, 6.07) is 0.514. The van der Waals surface area contributed by atoms with E-state index in [1.165, 1.54) is 0 Å². The molecule has 1 rings (SSSR count). The van der Waals surface area contributed by atoms with Crippen LogP contribution in [0, 0.1) is 5.92 Å². The summed E-state index contributed by atoms with van der Waals surface area (Å²) in [7, 11) is 1.74. The van der Waals surface area contributed by atoms with Gasteiger partial charge in [0.15, 0.2) is 0 Å². The highest BCUT2D eigenvalue weighted by Gasteiger charge is 2.26. The second-order valence-corrected chi connectivity index (χ2v) is 4.17. The zero-order chi connectivity index (χ0) is 11.1. The first-order valence-corrected chi connectivity index (χ1v) is 5.82. The van der Waals surface area contributed by atoms with Gasteiger partial charge in [-0.05, 0) is 13.5 Å². The van der Waals surface area contributed by atoms with Gasteiger partial charge < -0.3 is 20.1 Å². The van der Waals surface area contributed by atoms with Gasteiger partial charge in [-0.1, -0.05) is 6.92 Å². The molecule has 0 spiro atoms. The van der Waals surface area contributed by atoms with Crippen LogP contribution < -0.4 is 10.6 Å². The number of hydrogen-bond donors (Lipinski definition) is 2. The molecule has 0 aromatic rings. The number of nitrogens with one attached hydrogen (secondary N) is 2. The number of methoxy groups -OCH3 is 1. The normalized spacial score (nSPS) is 28.2. The van der Waals surface area contributed by atoms with Crippen LogP contribution in [0.25, 0.3) is 0 Å². The highest BCUT2D eigenvalue weighted by molar-refractivity contribution is 4.82. The van der Waals surface area contributed by atoms with E-state index in [2.05, 4.69) is 24.5 Å². The molecule has 90 valence electrons. The third-order valence-electron chi connectivity index (χ3n) is 2.91. The van der Waals surface area contributed by atoms with Gasteiger partial charge in [-0.3, -0.25) is 0 Å². The van der Waals surface area contributed by atoms with Crippen molar-refractivity contribution in [3.8, 4) is 0 Å². The molecule has 0 aromatic heterocycles. The van der Waals surface area contributed by atoms with Crippen LogP contribution in [0.4, 0.5) is 0 Å². The summed E-state index contributed by atoms with van der Waals surface area (Å²) < 4.78 is 10.7. The molecule has 15 heavy (non-hydrogen) atoms. The van der Waals surface area contributed by atoms with Crippen molar-refractivity contribution in [1.82, 2.24) is 10.6 Å². The third-order valence-corrected chi connectivity index (χ3v) is 2.91. The molecule has 0 radical (unpaired) electrons. The Morgan fingerprint density at radius 2 is 2.27 bits per heavy atom. The highest BCUT2D eigenvalue weighted by atomic mass is 16.5. The van der Waals surface area contributed by atoms with Crippen LogP contribution in [0.3, 0.4) is 0 Å². The van der Waals surface area contributed by atoms with Crippen molar-refractivity contribution in [2.45, 2.75) is 26.0 Å². The lowest BCUT2D eigenvalue weighted by molar-refractivity contribution is 0.115. The van der Waals surface area contributed by atoms with E-state index in [0.717, 1.165) is 32.8 Å². The SMILES string of the molecule is CCNC1COCC1CNCC(C)OC. The van der Waals surface area contributed by atoms with E-state index < -0.39 is 0 Å². The third kappa shape index (κ3) is 4.47. The Morgan fingerprint density at radius 3 is 2.93 bits per heavy atom. The molecule has 1 heterocycles. The predicted molar refractivity (Wildman–Crippen MR) is 61.1 cm³/mol. The van der Waals surface area contributed by atoms with E-state index in [1.54, 1.807) is 7.11 Å². The minimum atomic E-state index is 0.282. The Hall–Kier alpha value is -0.160. The van der Waals surface area contributed by atoms with Crippen LogP contribution >= 0.6 is 0 Å². The molecule has 0 amide bonds. The topological polar surface area (TPSA) is 42.5 Å². The first-order chi connectivity index (χ1) is 7.27. The zero-order valence-electron chi connectivity index (χ0n) is 10.1. The molecule has 0 saturated carbocycles. The van der Waals surface area contributed by atoms with Crippen molar-refractivity contribution in [2.24, 2.45) is 5.92 Å². The Morgan fingerprint density at radius 1 is 1.47 bits per heavy atom. The Kier molecular flexibility index (Phi) is 6.17. The second kappa shape index (κ2) is 7.17. The van der Waals surface area contributed by atoms with Crippen molar-refractivity contribution in [3.63, 3.8) is 0 Å². The van der Waals surface area contributed by atoms with Crippen LogP contribution in [0.15, 0.2) is 0 Å². The molecular formula is C11H24N2O2. The smallest absolute Gasteiger partial charge is 0.0667 e. The maximum absolute atomic E-state index is 5.47. The average molecular weight is 216 g/mol. The molecule has 1 saturated heterocycles. The number of hydrogen-bond acceptors (Lipinski definition) is 4. The van der Waals surface area contributed by atoms with E-state index in [0.29, 0.717) is 12.0 Å². The van der Waals surface area contributed by atoms with Gasteiger partial charge in [0.25, 0.3) is 0 Å². The second-order valence-electron chi connectivity index (χ2n) is 4.17. The summed E-state index contributed by atoms with van der Waals surface area (Å²) in [4.78, 5) is 0. The van der Waals surface area contributed by atoms with Gasteiger partial charge in [0, 0.05) is 32.2 Å². The summed E-state index contributed by atoms with van der Waals surface area (Å²) in [6.45, 7) is 8.85. The Balaban J connectivity index is 2.14. The molecular weight excluding hydrogens is 192 g/mol. The van der Waals surface area contributed by atoms with E-state index in [9.17, 15) is 0 Å². The molecule has 3 atom stereocenters. The predicted octanol–water partition coefficient (Wildman–Crippen LogP) is 0.235.